The van der Waals surface area contributed by atoms with Crippen LogP contribution in [-0.4, -0.2) is 42.2 Å². The number of rotatable bonds is 4. The summed E-state index contributed by atoms with van der Waals surface area (Å²) in [5.41, 5.74) is 1.85. The van der Waals surface area contributed by atoms with E-state index < -0.39 is 0 Å². The van der Waals surface area contributed by atoms with Gasteiger partial charge in [-0.2, -0.15) is 0 Å². The van der Waals surface area contributed by atoms with Crippen LogP contribution in [0.25, 0.3) is 11.3 Å². The lowest BCUT2D eigenvalue weighted by Crippen LogP contribution is -2.35. The van der Waals surface area contributed by atoms with Crippen LogP contribution in [0.5, 0.6) is 0 Å². The number of aryl methyl sites for hydroxylation is 1. The standard InChI is InChI=1S/C18H18N4O2S2/c1-12-11-20-18(25-12)21-16(23)15-10-13(14-4-2-3-5-19-14)17(26-15)22-6-8-24-9-7-22/h2-5,10-11H,6-9H2,1H3,(H,20,21,23). The third kappa shape index (κ3) is 3.62. The highest BCUT2D eigenvalue weighted by Crippen LogP contribution is 2.39. The first-order valence-corrected chi connectivity index (χ1v) is 9.96. The Balaban J connectivity index is 1.67. The predicted octanol–water partition coefficient (Wildman–Crippen LogP) is 3.66. The third-order valence-electron chi connectivity index (χ3n) is 4.02. The van der Waals surface area contributed by atoms with E-state index in [1.807, 2.05) is 31.2 Å². The fourth-order valence-corrected chi connectivity index (χ4v) is 4.54. The van der Waals surface area contributed by atoms with Gasteiger partial charge in [-0.3, -0.25) is 15.1 Å². The normalized spacial score (nSPS) is 14.4. The van der Waals surface area contributed by atoms with E-state index in [0.717, 1.165) is 34.2 Å². The summed E-state index contributed by atoms with van der Waals surface area (Å²) in [5, 5.41) is 4.57. The van der Waals surface area contributed by atoms with E-state index in [4.69, 9.17) is 4.74 Å². The zero-order valence-electron chi connectivity index (χ0n) is 14.3. The number of thiazole rings is 1. The fraction of sp³-hybridized carbons (Fsp3) is 0.278. The van der Waals surface area contributed by atoms with Gasteiger partial charge in [0.1, 0.15) is 5.00 Å². The number of hydrogen-bond donors (Lipinski definition) is 1. The molecule has 0 aliphatic carbocycles. The fourth-order valence-electron chi connectivity index (χ4n) is 2.77. The van der Waals surface area contributed by atoms with E-state index in [0.29, 0.717) is 23.2 Å². The molecule has 0 unspecified atom stereocenters. The van der Waals surface area contributed by atoms with Crippen LogP contribution in [0, 0.1) is 6.92 Å². The Hall–Kier alpha value is -2.29. The number of morpholine rings is 1. The van der Waals surface area contributed by atoms with Gasteiger partial charge in [0.05, 0.1) is 23.8 Å². The van der Waals surface area contributed by atoms with E-state index in [-0.39, 0.29) is 5.91 Å². The second-order valence-electron chi connectivity index (χ2n) is 5.87. The van der Waals surface area contributed by atoms with Crippen molar-refractivity contribution >= 4 is 38.7 Å². The molecule has 26 heavy (non-hydrogen) atoms. The first kappa shape index (κ1) is 17.1. The largest absolute Gasteiger partial charge is 0.378 e. The third-order valence-corrected chi connectivity index (χ3v) is 6.04. The maximum absolute atomic E-state index is 12.7. The van der Waals surface area contributed by atoms with Crippen LogP contribution in [0.2, 0.25) is 0 Å². The quantitative estimate of drug-likeness (QED) is 0.741. The van der Waals surface area contributed by atoms with E-state index in [1.54, 1.807) is 12.4 Å². The van der Waals surface area contributed by atoms with Crippen molar-refractivity contribution in [2.45, 2.75) is 6.92 Å². The second kappa shape index (κ2) is 7.53. The van der Waals surface area contributed by atoms with Crippen molar-refractivity contribution in [3.63, 3.8) is 0 Å². The van der Waals surface area contributed by atoms with E-state index >= 15 is 0 Å². The number of carbonyl (C=O) groups excluding carboxylic acids is 1. The Bertz CT molecular complexity index is 901. The average molecular weight is 387 g/mol. The summed E-state index contributed by atoms with van der Waals surface area (Å²) in [5.74, 6) is -0.138. The Morgan fingerprint density at radius 2 is 2.08 bits per heavy atom. The number of amides is 1. The lowest BCUT2D eigenvalue weighted by atomic mass is 10.2. The highest BCUT2D eigenvalue weighted by Gasteiger charge is 2.22. The molecule has 1 aliphatic heterocycles. The molecule has 4 heterocycles. The second-order valence-corrected chi connectivity index (χ2v) is 8.14. The minimum atomic E-state index is -0.138. The molecule has 4 rings (SSSR count). The zero-order chi connectivity index (χ0) is 17.9. The highest BCUT2D eigenvalue weighted by atomic mass is 32.1. The predicted molar refractivity (Wildman–Crippen MR) is 105 cm³/mol. The van der Waals surface area contributed by atoms with Gasteiger partial charge in [0, 0.05) is 35.9 Å². The van der Waals surface area contributed by atoms with Crippen molar-refractivity contribution < 1.29 is 9.53 Å². The zero-order valence-corrected chi connectivity index (χ0v) is 15.9. The lowest BCUT2D eigenvalue weighted by molar-refractivity contribution is 0.103. The maximum atomic E-state index is 12.7. The van der Waals surface area contributed by atoms with Gasteiger partial charge in [0.2, 0.25) is 0 Å². The van der Waals surface area contributed by atoms with Gasteiger partial charge in [-0.15, -0.1) is 22.7 Å². The van der Waals surface area contributed by atoms with Gasteiger partial charge < -0.3 is 9.64 Å². The van der Waals surface area contributed by atoms with E-state index in [1.165, 1.54) is 22.7 Å². The van der Waals surface area contributed by atoms with Gasteiger partial charge in [0.25, 0.3) is 5.91 Å². The average Bonchev–Trinajstić information content (AvgIpc) is 3.30. The molecule has 0 atom stereocenters. The molecular weight excluding hydrogens is 368 g/mol. The van der Waals surface area contributed by atoms with Crippen molar-refractivity contribution in [3.8, 4) is 11.3 Å². The topological polar surface area (TPSA) is 67.4 Å². The molecule has 1 saturated heterocycles. The number of thiophene rings is 1. The summed E-state index contributed by atoms with van der Waals surface area (Å²) in [7, 11) is 0. The Morgan fingerprint density at radius 1 is 1.23 bits per heavy atom. The number of aromatic nitrogens is 2. The maximum Gasteiger partial charge on any atom is 0.267 e. The first-order valence-electron chi connectivity index (χ1n) is 8.32. The molecule has 6 nitrogen and oxygen atoms in total. The van der Waals surface area contributed by atoms with Crippen LogP contribution >= 0.6 is 22.7 Å². The molecule has 134 valence electrons. The molecule has 0 radical (unpaired) electrons. The molecule has 3 aromatic rings. The SMILES string of the molecule is Cc1cnc(NC(=O)c2cc(-c3ccccn3)c(N3CCOCC3)s2)s1. The number of anilines is 2. The molecule has 1 N–H and O–H groups in total. The van der Waals surface area contributed by atoms with Gasteiger partial charge in [-0.25, -0.2) is 4.98 Å². The van der Waals surface area contributed by atoms with Gasteiger partial charge in [0.15, 0.2) is 5.13 Å². The van der Waals surface area contributed by atoms with Crippen molar-refractivity contribution in [2.75, 3.05) is 36.5 Å². The Morgan fingerprint density at radius 3 is 2.77 bits per heavy atom. The van der Waals surface area contributed by atoms with Crippen LogP contribution in [0.3, 0.4) is 0 Å². The summed E-state index contributed by atoms with van der Waals surface area (Å²) in [6.07, 6.45) is 3.53. The molecule has 1 amide bonds. The summed E-state index contributed by atoms with van der Waals surface area (Å²) in [6.45, 7) is 4.98. The Labute approximate surface area is 159 Å². The van der Waals surface area contributed by atoms with Gasteiger partial charge in [-0.1, -0.05) is 6.07 Å². The number of hydrogen-bond acceptors (Lipinski definition) is 7. The summed E-state index contributed by atoms with van der Waals surface area (Å²) in [6, 6.07) is 7.75. The summed E-state index contributed by atoms with van der Waals surface area (Å²) < 4.78 is 5.46. The molecule has 0 aromatic carbocycles. The summed E-state index contributed by atoms with van der Waals surface area (Å²) in [4.78, 5) is 25.4. The van der Waals surface area contributed by atoms with Crippen LogP contribution in [0.4, 0.5) is 10.1 Å². The first-order chi connectivity index (χ1) is 12.7. The van der Waals surface area contributed by atoms with Crippen LogP contribution < -0.4 is 10.2 Å². The number of carbonyl (C=O) groups is 1. The van der Waals surface area contributed by atoms with Crippen molar-refractivity contribution in [3.05, 3.63) is 46.4 Å². The number of nitrogens with one attached hydrogen (secondary N) is 1. The van der Waals surface area contributed by atoms with E-state index in [2.05, 4.69) is 20.2 Å². The van der Waals surface area contributed by atoms with Crippen LogP contribution in [0.15, 0.2) is 36.7 Å². The molecule has 0 spiro atoms. The summed E-state index contributed by atoms with van der Waals surface area (Å²) >= 11 is 2.96. The molecule has 1 aliphatic rings. The van der Waals surface area contributed by atoms with E-state index in [9.17, 15) is 4.79 Å². The minimum absolute atomic E-state index is 0.138. The molecule has 8 heteroatoms. The Kier molecular flexibility index (Phi) is 4.96. The number of nitrogens with zero attached hydrogens (tertiary/aromatic N) is 3. The molecule has 3 aromatic heterocycles. The molecule has 1 fully saturated rings. The van der Waals surface area contributed by atoms with Gasteiger partial charge in [-0.05, 0) is 25.1 Å². The van der Waals surface area contributed by atoms with Crippen LogP contribution in [-0.2, 0) is 4.74 Å². The number of ether oxygens (including phenoxy) is 1. The molecule has 0 saturated carbocycles. The monoisotopic (exact) mass is 386 g/mol. The van der Waals surface area contributed by atoms with Crippen molar-refractivity contribution in [2.24, 2.45) is 0 Å². The molecule has 0 bridgehead atoms. The van der Waals surface area contributed by atoms with Crippen molar-refractivity contribution in [1.29, 1.82) is 0 Å². The molecular formula is C18H18N4O2S2. The highest BCUT2D eigenvalue weighted by molar-refractivity contribution is 7.19. The van der Waals surface area contributed by atoms with Crippen LogP contribution in [0.1, 0.15) is 14.5 Å². The number of pyridine rings is 1. The van der Waals surface area contributed by atoms with Gasteiger partial charge >= 0.3 is 0 Å². The van der Waals surface area contributed by atoms with Crippen molar-refractivity contribution in [1.82, 2.24) is 9.97 Å². The minimum Gasteiger partial charge on any atom is -0.378 e. The smallest absolute Gasteiger partial charge is 0.267 e. The lowest BCUT2D eigenvalue weighted by Gasteiger charge is -2.28.